The Bertz CT molecular complexity index is 380. The van der Waals surface area contributed by atoms with Crippen LogP contribution in [-0.4, -0.2) is 89.0 Å². The van der Waals surface area contributed by atoms with Gasteiger partial charge in [-0.25, -0.2) is 0 Å². The molecule has 138 valence electrons. The van der Waals surface area contributed by atoms with Crippen molar-refractivity contribution in [3.8, 4) is 0 Å². The van der Waals surface area contributed by atoms with Crippen LogP contribution in [0.15, 0.2) is 0 Å². The van der Waals surface area contributed by atoms with E-state index in [1.165, 1.54) is 0 Å². The third-order valence-electron chi connectivity index (χ3n) is 3.90. The van der Waals surface area contributed by atoms with E-state index in [1.807, 2.05) is 0 Å². The highest BCUT2D eigenvalue weighted by Crippen LogP contribution is 2.22. The molecule has 0 unspecified atom stereocenters. The fraction of sp³-hybridized carbons (Fsp3) is 0.857. The van der Waals surface area contributed by atoms with Crippen molar-refractivity contribution in [1.82, 2.24) is 10.6 Å². The topological polar surface area (TPSA) is 141 Å². The Labute approximate surface area is 139 Å². The Morgan fingerprint density at radius 1 is 0.750 bits per heavy atom. The van der Waals surface area contributed by atoms with Crippen molar-refractivity contribution in [2.24, 2.45) is 0 Å². The van der Waals surface area contributed by atoms with Crippen molar-refractivity contribution in [1.29, 1.82) is 0 Å². The van der Waals surface area contributed by atoms with E-state index in [9.17, 15) is 0 Å². The van der Waals surface area contributed by atoms with Gasteiger partial charge in [-0.2, -0.15) is 0 Å². The van der Waals surface area contributed by atoms with Crippen LogP contribution in [0.25, 0.3) is 0 Å². The smallest absolute Gasteiger partial charge is 0.127 e. The summed E-state index contributed by atoms with van der Waals surface area (Å²) in [6.45, 7) is 8.69. The summed E-state index contributed by atoms with van der Waals surface area (Å²) in [5.74, 6) is -4.37. The first-order valence-electron chi connectivity index (χ1n) is 7.74. The van der Waals surface area contributed by atoms with Crippen molar-refractivity contribution in [3.63, 3.8) is 0 Å². The average molecular weight is 346 g/mol. The molecular weight excluding hydrogens is 324 g/mol. The average Bonchev–Trinajstić information content (AvgIpc) is 2.55. The zero-order chi connectivity index (χ0) is 17.5. The van der Waals surface area contributed by atoms with Gasteiger partial charge in [0, 0.05) is 26.2 Å². The van der Waals surface area contributed by atoms with E-state index in [0.29, 0.717) is 0 Å². The molecule has 2 spiro atoms. The Hall–Kier alpha value is -1.30. The fourth-order valence-electron chi connectivity index (χ4n) is 2.44. The van der Waals surface area contributed by atoms with Crippen LogP contribution < -0.4 is 20.8 Å². The number of aliphatic carboxylic acids is 2. The summed E-state index contributed by atoms with van der Waals surface area (Å²) in [7, 11) is 0. The summed E-state index contributed by atoms with van der Waals surface area (Å²) < 4.78 is 21.1. The minimum atomic E-state index is -2.19. The highest BCUT2D eigenvalue weighted by atomic mass is 16.6. The molecule has 0 radical (unpaired) electrons. The number of hydrogen-bond donors (Lipinski definition) is 2. The molecule has 0 aromatic carbocycles. The first kappa shape index (κ1) is 19.0. The fourth-order valence-corrected chi connectivity index (χ4v) is 2.44. The summed E-state index contributed by atoms with van der Waals surface area (Å²) in [6.07, 6.45) is 0. The Morgan fingerprint density at radius 3 is 1.25 bits per heavy atom. The minimum Gasteiger partial charge on any atom is -0.543 e. The lowest BCUT2D eigenvalue weighted by Gasteiger charge is -2.43. The van der Waals surface area contributed by atoms with E-state index in [2.05, 4.69) is 10.6 Å². The number of carbonyl (C=O) groups is 2. The normalized spacial score (nSPS) is 25.8. The first-order chi connectivity index (χ1) is 11.5. The van der Waals surface area contributed by atoms with Gasteiger partial charge in [-0.3, -0.25) is 0 Å². The quantitative estimate of drug-likeness (QED) is 0.411. The monoisotopic (exact) mass is 346 g/mol. The summed E-state index contributed by atoms with van der Waals surface area (Å²) in [4.78, 5) is 17.9. The number of carbonyl (C=O) groups excluding carboxylic acids is 2. The largest absolute Gasteiger partial charge is 0.543 e. The van der Waals surface area contributed by atoms with Gasteiger partial charge in [-0.1, -0.05) is 0 Å². The summed E-state index contributed by atoms with van der Waals surface area (Å²) in [6, 6.07) is 0. The van der Waals surface area contributed by atoms with E-state index in [1.54, 1.807) is 0 Å². The molecule has 0 bridgehead atoms. The second-order valence-electron chi connectivity index (χ2n) is 5.98. The Morgan fingerprint density at radius 2 is 1.12 bits per heavy atom. The maximum Gasteiger partial charge on any atom is 0.127 e. The second kappa shape index (κ2) is 8.70. The summed E-state index contributed by atoms with van der Waals surface area (Å²) in [5.41, 5.74) is 0.135. The van der Waals surface area contributed by atoms with E-state index in [0.717, 1.165) is 65.8 Å². The lowest BCUT2D eigenvalue weighted by Crippen LogP contribution is -2.61. The number of nitrogens with one attached hydrogen (secondary N) is 2. The summed E-state index contributed by atoms with van der Waals surface area (Å²) in [5, 5.41) is 24.4. The zero-order valence-corrected chi connectivity index (χ0v) is 13.3. The SMILES string of the molecule is C1COC2(CN1)COC2.C1COC2(CN1)COC2.O=C([O-])C(=O)[O-]. The number of rotatable bonds is 0. The van der Waals surface area contributed by atoms with Crippen LogP contribution in [0.2, 0.25) is 0 Å². The molecule has 0 aromatic heterocycles. The van der Waals surface area contributed by atoms with Crippen molar-refractivity contribution in [2.45, 2.75) is 11.2 Å². The molecule has 0 atom stereocenters. The molecule has 4 aliphatic heterocycles. The van der Waals surface area contributed by atoms with Gasteiger partial charge in [0.25, 0.3) is 0 Å². The van der Waals surface area contributed by atoms with Gasteiger partial charge in [0.05, 0.1) is 51.6 Å². The number of morpholine rings is 2. The highest BCUT2D eigenvalue weighted by Gasteiger charge is 2.41. The first-order valence-corrected chi connectivity index (χ1v) is 7.74. The molecule has 4 aliphatic rings. The van der Waals surface area contributed by atoms with Crippen LogP contribution in [0.4, 0.5) is 0 Å². The third-order valence-corrected chi connectivity index (χ3v) is 3.90. The van der Waals surface area contributed by atoms with Gasteiger partial charge in [0.1, 0.15) is 11.2 Å². The molecule has 4 fully saturated rings. The van der Waals surface area contributed by atoms with Gasteiger partial charge in [0.2, 0.25) is 0 Å². The van der Waals surface area contributed by atoms with Crippen LogP contribution >= 0.6 is 0 Å². The van der Waals surface area contributed by atoms with Crippen molar-refractivity contribution < 1.29 is 38.7 Å². The molecular formula is C14H22N2O8-2. The van der Waals surface area contributed by atoms with Gasteiger partial charge in [-0.05, 0) is 0 Å². The molecule has 4 heterocycles. The molecule has 0 aliphatic carbocycles. The standard InChI is InChI=1S/2C6H11NO2.C2H2O4/c2*1-2-9-6(3-7-1)4-8-5-6;3-1(4)2(5)6/h2*7H,1-5H2;(H,3,4)(H,5,6)/p-2. The molecule has 0 aromatic rings. The predicted octanol–water partition coefficient (Wildman–Crippen LogP) is -4.76. The summed E-state index contributed by atoms with van der Waals surface area (Å²) >= 11 is 0. The molecule has 0 amide bonds. The molecule has 2 N–H and O–H groups in total. The van der Waals surface area contributed by atoms with Crippen molar-refractivity contribution in [2.75, 3.05) is 65.8 Å². The lowest BCUT2D eigenvalue weighted by molar-refractivity contribution is -0.345. The zero-order valence-electron chi connectivity index (χ0n) is 13.3. The van der Waals surface area contributed by atoms with Crippen LogP contribution in [0.1, 0.15) is 0 Å². The Balaban J connectivity index is 0.000000134. The number of carboxylic acid groups (broad SMARTS) is 2. The number of ether oxygens (including phenoxy) is 4. The number of hydrogen-bond acceptors (Lipinski definition) is 10. The second-order valence-corrected chi connectivity index (χ2v) is 5.98. The van der Waals surface area contributed by atoms with Crippen LogP contribution in [-0.2, 0) is 28.5 Å². The third kappa shape index (κ3) is 5.36. The maximum absolute atomic E-state index is 8.93. The molecule has 4 saturated heterocycles. The van der Waals surface area contributed by atoms with E-state index in [4.69, 9.17) is 38.7 Å². The van der Waals surface area contributed by atoms with E-state index >= 15 is 0 Å². The van der Waals surface area contributed by atoms with Crippen LogP contribution in [0, 0.1) is 0 Å². The maximum atomic E-state index is 8.93. The minimum absolute atomic E-state index is 0.0677. The van der Waals surface area contributed by atoms with Crippen LogP contribution in [0.5, 0.6) is 0 Å². The Kier molecular flexibility index (Phi) is 6.90. The lowest BCUT2D eigenvalue weighted by atomic mass is 10.0. The van der Waals surface area contributed by atoms with Crippen molar-refractivity contribution >= 4 is 11.9 Å². The van der Waals surface area contributed by atoms with Crippen LogP contribution in [0.3, 0.4) is 0 Å². The molecule has 4 rings (SSSR count). The van der Waals surface area contributed by atoms with E-state index in [-0.39, 0.29) is 11.2 Å². The molecule has 24 heavy (non-hydrogen) atoms. The molecule has 10 heteroatoms. The highest BCUT2D eigenvalue weighted by molar-refractivity contribution is 6.25. The molecule has 10 nitrogen and oxygen atoms in total. The van der Waals surface area contributed by atoms with Crippen molar-refractivity contribution in [3.05, 3.63) is 0 Å². The predicted molar refractivity (Wildman–Crippen MR) is 74.8 cm³/mol. The van der Waals surface area contributed by atoms with Gasteiger partial charge in [-0.15, -0.1) is 0 Å². The van der Waals surface area contributed by atoms with Gasteiger partial charge < -0.3 is 49.4 Å². The van der Waals surface area contributed by atoms with Gasteiger partial charge in [0.15, 0.2) is 0 Å². The molecule has 0 saturated carbocycles. The number of carboxylic acids is 2. The van der Waals surface area contributed by atoms with Gasteiger partial charge >= 0.3 is 0 Å². The van der Waals surface area contributed by atoms with E-state index < -0.39 is 11.9 Å².